The predicted octanol–water partition coefficient (Wildman–Crippen LogP) is 2.51. The molecule has 0 saturated heterocycles. The van der Waals surface area contributed by atoms with Gasteiger partial charge >= 0.3 is 0 Å². The van der Waals surface area contributed by atoms with E-state index in [0.29, 0.717) is 12.0 Å². The van der Waals surface area contributed by atoms with Gasteiger partial charge in [-0.05, 0) is 37.1 Å². The molecule has 4 nitrogen and oxygen atoms in total. The molecule has 0 bridgehead atoms. The van der Waals surface area contributed by atoms with E-state index in [4.69, 9.17) is 5.73 Å². The monoisotopic (exact) mass is 248 g/mol. The van der Waals surface area contributed by atoms with Crippen molar-refractivity contribution in [3.63, 3.8) is 0 Å². The van der Waals surface area contributed by atoms with Gasteiger partial charge in [0.1, 0.15) is 10.6 Å². The normalized spacial score (nSPS) is 17.3. The summed E-state index contributed by atoms with van der Waals surface area (Å²) >= 11 is 1.61. The van der Waals surface area contributed by atoms with Gasteiger partial charge in [0.05, 0.1) is 5.39 Å². The minimum atomic E-state index is 0.366. The predicted molar refractivity (Wildman–Crippen MR) is 72.4 cm³/mol. The lowest BCUT2D eigenvalue weighted by Gasteiger charge is -2.26. The second-order valence-corrected chi connectivity index (χ2v) is 5.63. The Morgan fingerprint density at radius 2 is 2.24 bits per heavy atom. The molecule has 3 rings (SSSR count). The molecule has 1 aliphatic rings. The Kier molecular flexibility index (Phi) is 2.43. The number of aromatic nitrogens is 2. The van der Waals surface area contributed by atoms with Crippen molar-refractivity contribution in [3.05, 3.63) is 11.4 Å². The van der Waals surface area contributed by atoms with Crippen LogP contribution in [0.3, 0.4) is 0 Å². The van der Waals surface area contributed by atoms with Gasteiger partial charge in [-0.25, -0.2) is 4.98 Å². The van der Waals surface area contributed by atoms with Crippen molar-refractivity contribution in [2.75, 3.05) is 17.7 Å². The number of nitrogens with two attached hydrogens (primary N) is 1. The van der Waals surface area contributed by atoms with Gasteiger partial charge in [0.25, 0.3) is 0 Å². The minimum Gasteiger partial charge on any atom is -0.368 e. The Hall–Kier alpha value is -1.36. The van der Waals surface area contributed by atoms with Gasteiger partial charge in [-0.2, -0.15) is 4.98 Å². The third kappa shape index (κ3) is 1.84. The SMILES string of the molecule is CC(C1CC1)N(C)c1nc(N)nc2sccc12. The molecule has 1 saturated carbocycles. The molecule has 17 heavy (non-hydrogen) atoms. The van der Waals surface area contributed by atoms with Crippen molar-refractivity contribution >= 4 is 33.3 Å². The van der Waals surface area contributed by atoms with E-state index in [1.165, 1.54) is 12.8 Å². The van der Waals surface area contributed by atoms with E-state index in [-0.39, 0.29) is 0 Å². The molecule has 2 N–H and O–H groups in total. The molecule has 1 aliphatic carbocycles. The van der Waals surface area contributed by atoms with Gasteiger partial charge in [-0.1, -0.05) is 0 Å². The first-order valence-corrected chi connectivity index (χ1v) is 6.78. The van der Waals surface area contributed by atoms with Crippen LogP contribution < -0.4 is 10.6 Å². The first-order valence-electron chi connectivity index (χ1n) is 5.90. The summed E-state index contributed by atoms with van der Waals surface area (Å²) in [6, 6.07) is 2.60. The highest BCUT2D eigenvalue weighted by molar-refractivity contribution is 7.16. The van der Waals surface area contributed by atoms with Crippen LogP contribution in [0, 0.1) is 5.92 Å². The minimum absolute atomic E-state index is 0.366. The van der Waals surface area contributed by atoms with Gasteiger partial charge in [0.15, 0.2) is 0 Å². The van der Waals surface area contributed by atoms with Gasteiger partial charge in [0.2, 0.25) is 5.95 Å². The fourth-order valence-electron chi connectivity index (χ4n) is 2.21. The quantitative estimate of drug-likeness (QED) is 0.906. The number of hydrogen-bond donors (Lipinski definition) is 1. The zero-order valence-electron chi connectivity index (χ0n) is 10.1. The molecule has 0 aliphatic heterocycles. The molecule has 1 fully saturated rings. The van der Waals surface area contributed by atoms with Crippen LogP contribution in [0.1, 0.15) is 19.8 Å². The van der Waals surface area contributed by atoms with E-state index in [0.717, 1.165) is 22.0 Å². The number of thiophene rings is 1. The Balaban J connectivity index is 2.05. The summed E-state index contributed by atoms with van der Waals surface area (Å²) < 4.78 is 0. The average molecular weight is 248 g/mol. The maximum atomic E-state index is 5.77. The van der Waals surface area contributed by atoms with E-state index in [1.807, 2.05) is 5.38 Å². The summed E-state index contributed by atoms with van der Waals surface area (Å²) in [6.07, 6.45) is 2.66. The lowest BCUT2D eigenvalue weighted by Crippen LogP contribution is -2.31. The van der Waals surface area contributed by atoms with Crippen molar-refractivity contribution in [1.82, 2.24) is 9.97 Å². The van der Waals surface area contributed by atoms with Gasteiger partial charge in [-0.3, -0.25) is 0 Å². The molecule has 0 spiro atoms. The maximum Gasteiger partial charge on any atom is 0.223 e. The summed E-state index contributed by atoms with van der Waals surface area (Å²) in [6.45, 7) is 2.26. The Labute approximate surface area is 104 Å². The molecule has 1 atom stereocenters. The van der Waals surface area contributed by atoms with Gasteiger partial charge in [-0.15, -0.1) is 11.3 Å². The van der Waals surface area contributed by atoms with E-state index in [1.54, 1.807) is 11.3 Å². The zero-order chi connectivity index (χ0) is 12.0. The number of nitrogen functional groups attached to an aromatic ring is 1. The summed E-state index contributed by atoms with van der Waals surface area (Å²) in [4.78, 5) is 11.9. The number of rotatable bonds is 3. The van der Waals surface area contributed by atoms with Crippen molar-refractivity contribution in [1.29, 1.82) is 0 Å². The lowest BCUT2D eigenvalue weighted by atomic mass is 10.2. The number of hydrogen-bond acceptors (Lipinski definition) is 5. The molecule has 2 aromatic heterocycles. The highest BCUT2D eigenvalue weighted by Crippen LogP contribution is 2.37. The highest BCUT2D eigenvalue weighted by Gasteiger charge is 2.31. The Morgan fingerprint density at radius 1 is 1.47 bits per heavy atom. The van der Waals surface area contributed by atoms with Crippen LogP contribution in [0.15, 0.2) is 11.4 Å². The third-order valence-corrected chi connectivity index (χ3v) is 4.38. The van der Waals surface area contributed by atoms with Crippen LogP contribution in [0.25, 0.3) is 10.2 Å². The summed E-state index contributed by atoms with van der Waals surface area (Å²) in [5.74, 6) is 2.14. The van der Waals surface area contributed by atoms with E-state index in [9.17, 15) is 0 Å². The van der Waals surface area contributed by atoms with Crippen LogP contribution in [-0.4, -0.2) is 23.1 Å². The molecule has 0 amide bonds. The standard InChI is InChI=1S/C12H16N4S/c1-7(8-3-4-8)16(2)10-9-5-6-17-11(9)15-12(13)14-10/h5-8H,3-4H2,1-2H3,(H2,13,14,15). The van der Waals surface area contributed by atoms with Gasteiger partial charge < -0.3 is 10.6 Å². The maximum absolute atomic E-state index is 5.77. The molecular weight excluding hydrogens is 232 g/mol. The first kappa shape index (κ1) is 10.8. The highest BCUT2D eigenvalue weighted by atomic mass is 32.1. The van der Waals surface area contributed by atoms with E-state index >= 15 is 0 Å². The molecule has 2 aromatic rings. The molecule has 90 valence electrons. The second-order valence-electron chi connectivity index (χ2n) is 4.73. The molecule has 5 heteroatoms. The van der Waals surface area contributed by atoms with Crippen molar-refractivity contribution in [3.8, 4) is 0 Å². The molecule has 2 heterocycles. The van der Waals surface area contributed by atoms with E-state index in [2.05, 4.69) is 34.9 Å². The topological polar surface area (TPSA) is 55.0 Å². The second kappa shape index (κ2) is 3.84. The molecule has 1 unspecified atom stereocenters. The third-order valence-electron chi connectivity index (χ3n) is 3.57. The number of anilines is 2. The molecular formula is C12H16N4S. The fourth-order valence-corrected chi connectivity index (χ4v) is 2.98. The number of nitrogens with zero attached hydrogens (tertiary/aromatic N) is 3. The summed E-state index contributed by atoms with van der Waals surface area (Å²) in [5.41, 5.74) is 5.77. The molecule has 0 aromatic carbocycles. The van der Waals surface area contributed by atoms with Crippen LogP contribution in [0.4, 0.5) is 11.8 Å². The molecule has 0 radical (unpaired) electrons. The van der Waals surface area contributed by atoms with Crippen molar-refractivity contribution < 1.29 is 0 Å². The average Bonchev–Trinajstić information content (AvgIpc) is 3.05. The Bertz CT molecular complexity index is 546. The first-order chi connectivity index (χ1) is 8.16. The number of fused-ring (bicyclic) bond motifs is 1. The van der Waals surface area contributed by atoms with E-state index < -0.39 is 0 Å². The van der Waals surface area contributed by atoms with Crippen LogP contribution in [-0.2, 0) is 0 Å². The van der Waals surface area contributed by atoms with Crippen LogP contribution in [0.2, 0.25) is 0 Å². The van der Waals surface area contributed by atoms with Crippen molar-refractivity contribution in [2.45, 2.75) is 25.8 Å². The van der Waals surface area contributed by atoms with Gasteiger partial charge in [0, 0.05) is 13.1 Å². The fraction of sp³-hybridized carbons (Fsp3) is 0.500. The summed E-state index contributed by atoms with van der Waals surface area (Å²) in [5, 5.41) is 3.15. The van der Waals surface area contributed by atoms with Crippen LogP contribution in [0.5, 0.6) is 0 Å². The Morgan fingerprint density at radius 3 is 2.94 bits per heavy atom. The van der Waals surface area contributed by atoms with Crippen molar-refractivity contribution in [2.24, 2.45) is 5.92 Å². The largest absolute Gasteiger partial charge is 0.368 e. The smallest absolute Gasteiger partial charge is 0.223 e. The van der Waals surface area contributed by atoms with Crippen LogP contribution >= 0.6 is 11.3 Å². The lowest BCUT2D eigenvalue weighted by molar-refractivity contribution is 0.605. The summed E-state index contributed by atoms with van der Waals surface area (Å²) in [7, 11) is 2.10. The zero-order valence-corrected chi connectivity index (χ0v) is 10.9.